The first-order valence-electron chi connectivity index (χ1n) is 8.71. The van der Waals surface area contributed by atoms with Gasteiger partial charge < -0.3 is 9.47 Å². The summed E-state index contributed by atoms with van der Waals surface area (Å²) in [5, 5.41) is 0. The highest BCUT2D eigenvalue weighted by atomic mass is 127. The van der Waals surface area contributed by atoms with Crippen LogP contribution in [0.2, 0.25) is 0 Å². The fourth-order valence-electron chi connectivity index (χ4n) is 3.80. The lowest BCUT2D eigenvalue weighted by Gasteiger charge is -2.23. The topological polar surface area (TPSA) is 38.1 Å². The van der Waals surface area contributed by atoms with Crippen LogP contribution in [0.15, 0.2) is 22.8 Å². The van der Waals surface area contributed by atoms with E-state index in [1.165, 1.54) is 16.8 Å². The molecule has 1 unspecified atom stereocenters. The van der Waals surface area contributed by atoms with E-state index in [1.54, 1.807) is 0 Å². The minimum atomic E-state index is 0.292. The minimum Gasteiger partial charge on any atom is -0.358 e. The maximum absolute atomic E-state index is 11.5. The fourth-order valence-corrected chi connectivity index (χ4v) is 6.12. The van der Waals surface area contributed by atoms with Gasteiger partial charge in [-0.15, -0.1) is 0 Å². The average Bonchev–Trinajstić information content (AvgIpc) is 3.06. The molecule has 1 aliphatic rings. The molecule has 0 aromatic carbocycles. The molecule has 0 bridgehead atoms. The van der Waals surface area contributed by atoms with Crippen molar-refractivity contribution in [2.75, 3.05) is 18.5 Å². The van der Waals surface area contributed by atoms with E-state index in [9.17, 15) is 4.79 Å². The minimum absolute atomic E-state index is 0.292. The molecule has 3 rings (SSSR count). The molecule has 0 fully saturated rings. The zero-order chi connectivity index (χ0) is 18.9. The molecule has 2 aromatic heterocycles. The Kier molecular flexibility index (Phi) is 6.45. The number of aromatic nitrogens is 2. The van der Waals surface area contributed by atoms with E-state index in [4.69, 9.17) is 0 Å². The smallest absolute Gasteiger partial charge is 0.166 e. The van der Waals surface area contributed by atoms with Crippen molar-refractivity contribution in [2.24, 2.45) is 5.41 Å². The Morgan fingerprint density at radius 2 is 2.23 bits per heavy atom. The average molecular weight is 548 g/mol. The van der Waals surface area contributed by atoms with E-state index in [-0.39, 0.29) is 0 Å². The van der Waals surface area contributed by atoms with Gasteiger partial charge in [0.1, 0.15) is 5.82 Å². The van der Waals surface area contributed by atoms with Crippen LogP contribution < -0.4 is 4.90 Å². The molecule has 140 valence electrons. The van der Waals surface area contributed by atoms with Crippen LogP contribution in [0.4, 0.5) is 5.82 Å². The van der Waals surface area contributed by atoms with E-state index < -0.39 is 0 Å². The Bertz CT molecular complexity index is 821. The Morgan fingerprint density at radius 1 is 1.46 bits per heavy atom. The number of aldehydes is 1. The van der Waals surface area contributed by atoms with Gasteiger partial charge in [-0.2, -0.15) is 0 Å². The first kappa shape index (κ1) is 20.3. The van der Waals surface area contributed by atoms with Crippen LogP contribution in [0.25, 0.3) is 0 Å². The van der Waals surface area contributed by atoms with E-state index in [0.717, 1.165) is 60.6 Å². The summed E-state index contributed by atoms with van der Waals surface area (Å²) in [4.78, 5) is 18.4. The summed E-state index contributed by atoms with van der Waals surface area (Å²) >= 11 is 6.09. The number of hydrogen-bond acceptors (Lipinski definition) is 3. The molecule has 2 heterocycles. The highest BCUT2D eigenvalue weighted by Gasteiger charge is 2.32. The third kappa shape index (κ3) is 4.17. The van der Waals surface area contributed by atoms with Crippen LogP contribution in [-0.2, 0) is 25.5 Å². The summed E-state index contributed by atoms with van der Waals surface area (Å²) in [5.41, 5.74) is 5.03. The maximum atomic E-state index is 11.5. The number of hydrogen-bond donors (Lipinski definition) is 0. The van der Waals surface area contributed by atoms with Crippen molar-refractivity contribution in [1.82, 2.24) is 9.55 Å². The molecule has 0 N–H and O–H groups in total. The summed E-state index contributed by atoms with van der Waals surface area (Å²) in [6.07, 6.45) is 6.77. The van der Waals surface area contributed by atoms with Gasteiger partial charge in [-0.3, -0.25) is 4.79 Å². The third-order valence-corrected chi connectivity index (χ3v) is 7.38. The number of halogens is 2. The Hall–Kier alpha value is -0.460. The first-order chi connectivity index (χ1) is 12.4. The fraction of sp³-hybridized carbons (Fsp3) is 0.474. The standard InChI is InChI=1S/C19H24BrIN3OP/c1-19(2)9-13-8-14(11-25)24(17(13)10-19)7-6-23(3)18-15(12-26-21)16(20)4-5-22-18/h4-5,8,11,26H,6-7,9-10,12H2,1-3H3. The van der Waals surface area contributed by atoms with Crippen molar-refractivity contribution < 1.29 is 4.79 Å². The molecule has 7 heteroatoms. The first-order valence-corrected chi connectivity index (χ1v) is 13.8. The van der Waals surface area contributed by atoms with Gasteiger partial charge in [-0.1, -0.05) is 58.0 Å². The van der Waals surface area contributed by atoms with E-state index >= 15 is 0 Å². The second-order valence-corrected chi connectivity index (χ2v) is 11.4. The SMILES string of the molecule is CN(CCn1c(C=O)cc2c1CC(C)(C)C2)c1nccc(Br)c1CPI. The number of likely N-dealkylation sites (N-methyl/N-ethyl adjacent to an activating group) is 1. The monoisotopic (exact) mass is 547 g/mol. The van der Waals surface area contributed by atoms with Gasteiger partial charge >= 0.3 is 0 Å². The van der Waals surface area contributed by atoms with E-state index in [1.807, 2.05) is 12.3 Å². The van der Waals surface area contributed by atoms with E-state index in [2.05, 4.69) is 79.4 Å². The molecule has 0 radical (unpaired) electrons. The van der Waals surface area contributed by atoms with Gasteiger partial charge in [0.05, 0.1) is 5.69 Å². The number of rotatable bonds is 7. The number of carbonyl (C=O) groups excluding carboxylic acids is 1. The van der Waals surface area contributed by atoms with Crippen LogP contribution in [0, 0.1) is 5.41 Å². The molecule has 1 atom stereocenters. The van der Waals surface area contributed by atoms with Gasteiger partial charge in [0.15, 0.2) is 6.29 Å². The Labute approximate surface area is 178 Å². The van der Waals surface area contributed by atoms with Crippen LogP contribution >= 0.6 is 44.2 Å². The predicted molar refractivity (Wildman–Crippen MR) is 122 cm³/mol. The maximum Gasteiger partial charge on any atom is 0.166 e. The zero-order valence-corrected chi connectivity index (χ0v) is 20.1. The normalized spacial score (nSPS) is 15.6. The largest absolute Gasteiger partial charge is 0.358 e. The van der Waals surface area contributed by atoms with Crippen LogP contribution in [0.3, 0.4) is 0 Å². The molecule has 0 aliphatic heterocycles. The summed E-state index contributed by atoms with van der Waals surface area (Å²) in [5.74, 6) is 1.03. The highest BCUT2D eigenvalue weighted by molar-refractivity contribution is 14.2. The van der Waals surface area contributed by atoms with Crippen molar-refractivity contribution >= 4 is 56.3 Å². The molecular weight excluding hydrogens is 524 g/mol. The lowest BCUT2D eigenvalue weighted by molar-refractivity contribution is 0.111. The van der Waals surface area contributed by atoms with Gasteiger partial charge in [0.2, 0.25) is 0 Å². The molecule has 2 aromatic rings. The zero-order valence-electron chi connectivity index (χ0n) is 15.4. The second-order valence-electron chi connectivity index (χ2n) is 7.66. The molecule has 0 saturated carbocycles. The van der Waals surface area contributed by atoms with Crippen molar-refractivity contribution in [3.05, 3.63) is 45.3 Å². The number of anilines is 1. The van der Waals surface area contributed by atoms with Gasteiger partial charge in [0, 0.05) is 48.2 Å². The summed E-state index contributed by atoms with van der Waals surface area (Å²) < 4.78 is 3.33. The van der Waals surface area contributed by atoms with Gasteiger partial charge in [0.25, 0.3) is 0 Å². The van der Waals surface area contributed by atoms with Gasteiger partial charge in [-0.25, -0.2) is 4.98 Å². The van der Waals surface area contributed by atoms with Crippen LogP contribution in [0.1, 0.15) is 41.2 Å². The third-order valence-electron chi connectivity index (χ3n) is 5.01. The van der Waals surface area contributed by atoms with Crippen LogP contribution in [0.5, 0.6) is 0 Å². The molecule has 1 aliphatic carbocycles. The number of nitrogens with zero attached hydrogens (tertiary/aromatic N) is 3. The molecule has 0 spiro atoms. The van der Waals surface area contributed by atoms with Crippen molar-refractivity contribution in [1.29, 1.82) is 0 Å². The molecule has 26 heavy (non-hydrogen) atoms. The van der Waals surface area contributed by atoms with Crippen molar-refractivity contribution in [3.8, 4) is 0 Å². The summed E-state index contributed by atoms with van der Waals surface area (Å²) in [6.45, 7) is 6.22. The van der Waals surface area contributed by atoms with Crippen LogP contribution in [-0.4, -0.2) is 29.4 Å². The Balaban J connectivity index is 1.80. The molecule has 0 saturated heterocycles. The van der Waals surface area contributed by atoms with Gasteiger partial charge in [-0.05, 0) is 36.0 Å². The quantitative estimate of drug-likeness (QED) is 0.270. The highest BCUT2D eigenvalue weighted by Crippen LogP contribution is 2.38. The number of pyridine rings is 1. The summed E-state index contributed by atoms with van der Waals surface area (Å²) in [7, 11) is 2.09. The van der Waals surface area contributed by atoms with Crippen molar-refractivity contribution in [3.63, 3.8) is 0 Å². The summed E-state index contributed by atoms with van der Waals surface area (Å²) in [6, 6.07) is 4.09. The molecule has 4 nitrogen and oxygen atoms in total. The predicted octanol–water partition coefficient (Wildman–Crippen LogP) is 5.25. The molecular formula is C19H24BrIN3OP. The van der Waals surface area contributed by atoms with E-state index in [0.29, 0.717) is 5.41 Å². The number of carbonyl (C=O) groups is 1. The Morgan fingerprint density at radius 3 is 2.92 bits per heavy atom. The second kappa shape index (κ2) is 8.27. The lowest BCUT2D eigenvalue weighted by atomic mass is 9.90. The lowest BCUT2D eigenvalue weighted by Crippen LogP contribution is -2.26. The molecule has 0 amide bonds. The van der Waals surface area contributed by atoms with Crippen molar-refractivity contribution in [2.45, 2.75) is 39.4 Å². The number of fused-ring (bicyclic) bond motifs is 1.